The van der Waals surface area contributed by atoms with Crippen LogP contribution in [0.4, 0.5) is 0 Å². The fourth-order valence-corrected chi connectivity index (χ4v) is 2.02. The number of ketones is 1. The van der Waals surface area contributed by atoms with E-state index in [4.69, 9.17) is 5.73 Å². The molecule has 1 aromatic rings. The number of unbranched alkanes of at least 4 members (excludes halogenated alkanes) is 1. The van der Waals surface area contributed by atoms with Gasteiger partial charge in [0, 0.05) is 11.6 Å². The molecule has 1 rings (SSSR count). The van der Waals surface area contributed by atoms with E-state index in [1.165, 1.54) is 0 Å². The number of carbonyl (C=O) groups excluding carboxylic acids is 1. The molecule has 0 aliphatic carbocycles. The van der Waals surface area contributed by atoms with Gasteiger partial charge in [0.2, 0.25) is 0 Å². The molecular formula is C18H28N2O. The Morgan fingerprint density at radius 1 is 1.19 bits per heavy atom. The second kappa shape index (κ2) is 10.3. The van der Waals surface area contributed by atoms with Crippen LogP contribution in [0.3, 0.4) is 0 Å². The average Bonchev–Trinajstić information content (AvgIpc) is 2.49. The highest BCUT2D eigenvalue weighted by Gasteiger charge is 2.03. The van der Waals surface area contributed by atoms with Crippen LogP contribution >= 0.6 is 0 Å². The van der Waals surface area contributed by atoms with Crippen molar-refractivity contribution in [2.24, 2.45) is 11.7 Å². The van der Waals surface area contributed by atoms with Gasteiger partial charge in [0.05, 0.1) is 6.54 Å². The molecule has 0 radical (unpaired) electrons. The molecule has 0 bridgehead atoms. The summed E-state index contributed by atoms with van der Waals surface area (Å²) < 4.78 is 0. The fraction of sp³-hybridized carbons (Fsp3) is 0.500. The Labute approximate surface area is 128 Å². The van der Waals surface area contributed by atoms with E-state index < -0.39 is 0 Å². The predicted octanol–water partition coefficient (Wildman–Crippen LogP) is 3.17. The molecule has 0 aliphatic heterocycles. The van der Waals surface area contributed by atoms with E-state index in [9.17, 15) is 4.79 Å². The van der Waals surface area contributed by atoms with Crippen LogP contribution < -0.4 is 11.1 Å². The van der Waals surface area contributed by atoms with Crippen LogP contribution in [0.25, 0.3) is 0 Å². The van der Waals surface area contributed by atoms with Gasteiger partial charge in [-0.3, -0.25) is 4.79 Å². The Balaban J connectivity index is 2.06. The summed E-state index contributed by atoms with van der Waals surface area (Å²) in [6.45, 7) is 5.57. The van der Waals surface area contributed by atoms with Gasteiger partial charge in [-0.1, -0.05) is 62.8 Å². The summed E-state index contributed by atoms with van der Waals surface area (Å²) in [4.78, 5) is 11.8. The summed E-state index contributed by atoms with van der Waals surface area (Å²) >= 11 is 0. The van der Waals surface area contributed by atoms with Crippen molar-refractivity contribution in [2.75, 3.05) is 13.1 Å². The molecule has 0 unspecified atom stereocenters. The normalized spacial score (nSPS) is 13.0. The van der Waals surface area contributed by atoms with E-state index in [1.807, 2.05) is 30.3 Å². The first-order valence-corrected chi connectivity index (χ1v) is 7.82. The third-order valence-corrected chi connectivity index (χ3v) is 3.27. The number of hydrogen-bond donors (Lipinski definition) is 2. The van der Waals surface area contributed by atoms with Gasteiger partial charge in [0.25, 0.3) is 0 Å². The van der Waals surface area contributed by atoms with Gasteiger partial charge >= 0.3 is 0 Å². The van der Waals surface area contributed by atoms with Crippen LogP contribution in [0, 0.1) is 5.92 Å². The number of nitrogens with one attached hydrogen (secondary N) is 1. The zero-order valence-electron chi connectivity index (χ0n) is 13.2. The van der Waals surface area contributed by atoms with Crippen molar-refractivity contribution in [2.45, 2.75) is 39.2 Å². The number of benzene rings is 1. The highest BCUT2D eigenvalue weighted by Crippen LogP contribution is 2.03. The molecule has 0 saturated heterocycles. The van der Waals surface area contributed by atoms with Gasteiger partial charge in [-0.2, -0.15) is 0 Å². The summed E-state index contributed by atoms with van der Waals surface area (Å²) in [5.41, 5.74) is 6.77. The number of allylic oxidation sites excluding steroid dienone is 1. The summed E-state index contributed by atoms with van der Waals surface area (Å²) in [7, 11) is 0. The molecule has 0 saturated carbocycles. The molecule has 0 heterocycles. The number of Topliss-reactive ketones (excluding diaryl/α,β-unsaturated/α-hetero) is 1. The average molecular weight is 288 g/mol. The topological polar surface area (TPSA) is 55.1 Å². The Hall–Kier alpha value is -1.45. The van der Waals surface area contributed by atoms with E-state index in [0.717, 1.165) is 31.4 Å². The van der Waals surface area contributed by atoms with Gasteiger partial charge in [-0.05, 0) is 25.3 Å². The minimum Gasteiger partial charge on any atom is -0.324 e. The van der Waals surface area contributed by atoms with Crippen molar-refractivity contribution < 1.29 is 4.79 Å². The van der Waals surface area contributed by atoms with Crippen molar-refractivity contribution >= 4 is 5.78 Å². The minimum absolute atomic E-state index is 0.146. The molecule has 3 nitrogen and oxygen atoms in total. The molecular weight excluding hydrogens is 260 g/mol. The van der Waals surface area contributed by atoms with Gasteiger partial charge in [-0.25, -0.2) is 0 Å². The maximum absolute atomic E-state index is 11.8. The quantitative estimate of drug-likeness (QED) is 0.395. The zero-order chi connectivity index (χ0) is 15.5. The second-order valence-corrected chi connectivity index (χ2v) is 5.75. The lowest BCUT2D eigenvalue weighted by molar-refractivity contribution is 0.0991. The number of carbonyl (C=O) groups is 1. The smallest absolute Gasteiger partial charge is 0.176 e. The van der Waals surface area contributed by atoms with Gasteiger partial charge in [0.1, 0.15) is 0 Å². The van der Waals surface area contributed by atoms with Crippen molar-refractivity contribution in [3.05, 3.63) is 48.0 Å². The molecule has 0 amide bonds. The minimum atomic E-state index is 0.146. The molecule has 116 valence electrons. The third-order valence-electron chi connectivity index (χ3n) is 3.27. The van der Waals surface area contributed by atoms with E-state index in [1.54, 1.807) is 0 Å². The first kappa shape index (κ1) is 17.6. The van der Waals surface area contributed by atoms with Crippen LogP contribution in [0.2, 0.25) is 0 Å². The highest BCUT2D eigenvalue weighted by molar-refractivity contribution is 5.97. The monoisotopic (exact) mass is 288 g/mol. The molecule has 0 spiro atoms. The lowest BCUT2D eigenvalue weighted by atomic mass is 10.1. The second-order valence-electron chi connectivity index (χ2n) is 5.75. The highest BCUT2D eigenvalue weighted by atomic mass is 16.1. The predicted molar refractivity (Wildman–Crippen MR) is 89.4 cm³/mol. The molecule has 3 N–H and O–H groups in total. The van der Waals surface area contributed by atoms with Crippen molar-refractivity contribution in [1.82, 2.24) is 5.32 Å². The van der Waals surface area contributed by atoms with Crippen LogP contribution in [0.15, 0.2) is 42.5 Å². The Bertz CT molecular complexity index is 426. The number of nitrogens with two attached hydrogens (primary N) is 1. The Morgan fingerprint density at radius 2 is 1.90 bits per heavy atom. The maximum Gasteiger partial charge on any atom is 0.176 e. The lowest BCUT2D eigenvalue weighted by Gasteiger charge is -2.08. The SMILES string of the molecule is CC(C)C=C[C@@H](N)CCCCNCC(=O)c1ccccc1. The van der Waals surface area contributed by atoms with Crippen LogP contribution in [0.5, 0.6) is 0 Å². The largest absolute Gasteiger partial charge is 0.324 e. The molecule has 21 heavy (non-hydrogen) atoms. The Kier molecular flexibility index (Phi) is 8.63. The third kappa shape index (κ3) is 8.43. The standard InChI is InChI=1S/C18H28N2O/c1-15(2)11-12-17(19)10-6-7-13-20-14-18(21)16-8-4-3-5-9-16/h3-5,8-9,11-12,15,17,20H,6-7,10,13-14,19H2,1-2H3/t17-/m0/s1. The van der Waals surface area contributed by atoms with Crippen molar-refractivity contribution in [1.29, 1.82) is 0 Å². The molecule has 0 fully saturated rings. The van der Waals surface area contributed by atoms with E-state index in [2.05, 4.69) is 31.3 Å². The van der Waals surface area contributed by atoms with Crippen LogP contribution in [0.1, 0.15) is 43.5 Å². The summed E-state index contributed by atoms with van der Waals surface area (Å²) in [5, 5.41) is 3.20. The zero-order valence-corrected chi connectivity index (χ0v) is 13.2. The first-order chi connectivity index (χ1) is 10.1. The summed E-state index contributed by atoms with van der Waals surface area (Å²) in [6, 6.07) is 9.55. The van der Waals surface area contributed by atoms with Gasteiger partial charge in [-0.15, -0.1) is 0 Å². The molecule has 0 aliphatic rings. The number of hydrogen-bond acceptors (Lipinski definition) is 3. The molecule has 3 heteroatoms. The van der Waals surface area contributed by atoms with Crippen LogP contribution in [-0.2, 0) is 0 Å². The molecule has 0 aromatic heterocycles. The number of rotatable bonds is 10. The van der Waals surface area contributed by atoms with Gasteiger partial charge < -0.3 is 11.1 Å². The van der Waals surface area contributed by atoms with Gasteiger partial charge in [0.15, 0.2) is 5.78 Å². The first-order valence-electron chi connectivity index (χ1n) is 7.82. The molecule has 1 atom stereocenters. The van der Waals surface area contributed by atoms with E-state index in [-0.39, 0.29) is 11.8 Å². The maximum atomic E-state index is 11.8. The lowest BCUT2D eigenvalue weighted by Crippen LogP contribution is -2.24. The van der Waals surface area contributed by atoms with Crippen LogP contribution in [-0.4, -0.2) is 24.9 Å². The molecule has 1 aromatic carbocycles. The summed E-state index contributed by atoms with van der Waals surface area (Å²) in [5.74, 6) is 0.703. The van der Waals surface area contributed by atoms with Crippen molar-refractivity contribution in [3.8, 4) is 0 Å². The van der Waals surface area contributed by atoms with E-state index >= 15 is 0 Å². The summed E-state index contributed by atoms with van der Waals surface area (Å²) in [6.07, 6.45) is 7.37. The Morgan fingerprint density at radius 3 is 2.57 bits per heavy atom. The van der Waals surface area contributed by atoms with Crippen molar-refractivity contribution in [3.63, 3.8) is 0 Å². The fourth-order valence-electron chi connectivity index (χ4n) is 2.02. The van der Waals surface area contributed by atoms with E-state index in [0.29, 0.717) is 12.5 Å².